The van der Waals surface area contributed by atoms with Crippen molar-refractivity contribution in [2.45, 2.75) is 70.9 Å². The van der Waals surface area contributed by atoms with Gasteiger partial charge in [0.15, 0.2) is 0 Å². The molecule has 1 heterocycles. The molecule has 18 heavy (non-hydrogen) atoms. The number of hydrogen-bond acceptors (Lipinski definition) is 2. The van der Waals surface area contributed by atoms with Crippen LogP contribution < -0.4 is 5.32 Å². The fraction of sp³-hybridized carbons (Fsp3) is 1.00. The third kappa shape index (κ3) is 2.46. The van der Waals surface area contributed by atoms with Crippen LogP contribution in [0.2, 0.25) is 0 Å². The maximum atomic E-state index is 6.17. The molecule has 1 N–H and O–H groups in total. The summed E-state index contributed by atoms with van der Waals surface area (Å²) in [5.74, 6) is 1.69. The molecule has 3 aliphatic rings. The van der Waals surface area contributed by atoms with E-state index in [-0.39, 0.29) is 0 Å². The number of nitrogens with one attached hydrogen (secondary N) is 1. The van der Waals surface area contributed by atoms with Crippen molar-refractivity contribution in [2.75, 3.05) is 13.2 Å². The minimum Gasteiger partial charge on any atom is -0.377 e. The summed E-state index contributed by atoms with van der Waals surface area (Å²) in [7, 11) is 0. The lowest BCUT2D eigenvalue weighted by Gasteiger charge is -2.40. The van der Waals surface area contributed by atoms with E-state index in [1.165, 1.54) is 51.5 Å². The van der Waals surface area contributed by atoms with E-state index in [9.17, 15) is 0 Å². The smallest absolute Gasteiger partial charge is 0.0674 e. The third-order valence-corrected chi connectivity index (χ3v) is 5.48. The van der Waals surface area contributed by atoms with Gasteiger partial charge in [-0.1, -0.05) is 26.7 Å². The van der Waals surface area contributed by atoms with E-state index >= 15 is 0 Å². The molecular weight excluding hydrogens is 222 g/mol. The molecule has 3 atom stereocenters. The highest BCUT2D eigenvalue weighted by molar-refractivity contribution is 5.03. The minimum absolute atomic E-state index is 0.444. The normalized spacial score (nSPS) is 38.0. The molecular formula is C16H29NO. The predicted octanol–water partition coefficient (Wildman–Crippen LogP) is 3.36. The first-order valence-electron chi connectivity index (χ1n) is 8.11. The molecule has 3 fully saturated rings. The third-order valence-electron chi connectivity index (χ3n) is 5.48. The fourth-order valence-electron chi connectivity index (χ4n) is 3.92. The van der Waals surface area contributed by atoms with Crippen LogP contribution in [0.4, 0.5) is 0 Å². The molecule has 0 radical (unpaired) electrons. The van der Waals surface area contributed by atoms with E-state index in [0.29, 0.717) is 11.5 Å². The maximum absolute atomic E-state index is 6.17. The van der Waals surface area contributed by atoms with Gasteiger partial charge in [-0.15, -0.1) is 0 Å². The average molecular weight is 251 g/mol. The Kier molecular flexibility index (Phi) is 3.68. The van der Waals surface area contributed by atoms with Crippen molar-refractivity contribution in [2.24, 2.45) is 17.3 Å². The Labute approximate surface area is 112 Å². The highest BCUT2D eigenvalue weighted by atomic mass is 16.5. The van der Waals surface area contributed by atoms with Crippen molar-refractivity contribution < 1.29 is 4.74 Å². The monoisotopic (exact) mass is 251 g/mol. The average Bonchev–Trinajstić information content (AvgIpc) is 3.27. The molecule has 1 aliphatic heterocycles. The molecule has 0 aromatic heterocycles. The Morgan fingerprint density at radius 3 is 2.67 bits per heavy atom. The van der Waals surface area contributed by atoms with Crippen LogP contribution >= 0.6 is 0 Å². The maximum Gasteiger partial charge on any atom is 0.0674 e. The lowest BCUT2D eigenvalue weighted by atomic mass is 9.68. The molecule has 0 spiro atoms. The zero-order valence-corrected chi connectivity index (χ0v) is 12.1. The highest BCUT2D eigenvalue weighted by Crippen LogP contribution is 2.52. The van der Waals surface area contributed by atoms with Crippen molar-refractivity contribution >= 4 is 0 Å². The van der Waals surface area contributed by atoms with Crippen LogP contribution in [0.5, 0.6) is 0 Å². The second-order valence-corrected chi connectivity index (χ2v) is 6.96. The summed E-state index contributed by atoms with van der Waals surface area (Å²) >= 11 is 0. The summed E-state index contributed by atoms with van der Waals surface area (Å²) in [6, 6.07) is 0.830. The topological polar surface area (TPSA) is 21.3 Å². The zero-order chi connectivity index (χ0) is 12.6. The van der Waals surface area contributed by atoms with E-state index in [0.717, 1.165) is 24.5 Å². The van der Waals surface area contributed by atoms with Gasteiger partial charge in [0.2, 0.25) is 0 Å². The molecule has 3 rings (SSSR count). The van der Waals surface area contributed by atoms with Gasteiger partial charge in [0.1, 0.15) is 0 Å². The summed E-state index contributed by atoms with van der Waals surface area (Å²) in [6.45, 7) is 7.00. The van der Waals surface area contributed by atoms with Crippen molar-refractivity contribution in [1.82, 2.24) is 5.32 Å². The van der Waals surface area contributed by atoms with E-state index in [1.54, 1.807) is 0 Å². The Hall–Kier alpha value is -0.0800. The summed E-state index contributed by atoms with van der Waals surface area (Å²) in [4.78, 5) is 0. The second kappa shape index (κ2) is 5.13. The van der Waals surface area contributed by atoms with Crippen LogP contribution in [0.25, 0.3) is 0 Å². The van der Waals surface area contributed by atoms with Crippen LogP contribution in [0, 0.1) is 17.3 Å². The molecule has 0 bridgehead atoms. The van der Waals surface area contributed by atoms with Crippen molar-refractivity contribution in [3.05, 3.63) is 0 Å². The molecule has 0 aromatic carbocycles. The Morgan fingerprint density at radius 2 is 2.06 bits per heavy atom. The van der Waals surface area contributed by atoms with Gasteiger partial charge >= 0.3 is 0 Å². The molecule has 3 unspecified atom stereocenters. The summed E-state index contributed by atoms with van der Waals surface area (Å²) in [5, 5.41) is 3.81. The van der Waals surface area contributed by atoms with Crippen molar-refractivity contribution in [3.8, 4) is 0 Å². The number of ether oxygens (including phenoxy) is 1. The Balaban J connectivity index is 1.71. The van der Waals surface area contributed by atoms with Gasteiger partial charge in [0, 0.05) is 24.6 Å². The second-order valence-electron chi connectivity index (χ2n) is 6.96. The molecule has 104 valence electrons. The molecule has 2 saturated carbocycles. The van der Waals surface area contributed by atoms with Crippen LogP contribution in [-0.2, 0) is 4.74 Å². The summed E-state index contributed by atoms with van der Waals surface area (Å²) < 4.78 is 6.17. The van der Waals surface area contributed by atoms with Crippen LogP contribution in [0.3, 0.4) is 0 Å². The van der Waals surface area contributed by atoms with Gasteiger partial charge in [-0.3, -0.25) is 0 Å². The van der Waals surface area contributed by atoms with Crippen LogP contribution in [0.15, 0.2) is 0 Å². The molecule has 2 aliphatic carbocycles. The quantitative estimate of drug-likeness (QED) is 0.749. The first kappa shape index (κ1) is 12.9. The molecule has 1 saturated heterocycles. The standard InChI is InChI=1S/C16H29NO/c1-3-4-12(2)16(11-17-14-7-8-14)9-10-18-15(16)13-5-6-13/h12-15,17H,3-11H2,1-2H3. The van der Waals surface area contributed by atoms with Gasteiger partial charge in [0.05, 0.1) is 6.10 Å². The van der Waals surface area contributed by atoms with E-state index in [1.807, 2.05) is 0 Å². The minimum atomic E-state index is 0.444. The van der Waals surface area contributed by atoms with Crippen molar-refractivity contribution in [3.63, 3.8) is 0 Å². The van der Waals surface area contributed by atoms with Gasteiger partial charge in [0.25, 0.3) is 0 Å². The lowest BCUT2D eigenvalue weighted by molar-refractivity contribution is 0.000914. The van der Waals surface area contributed by atoms with E-state index in [2.05, 4.69) is 19.2 Å². The zero-order valence-electron chi connectivity index (χ0n) is 12.1. The SMILES string of the molecule is CCCC(C)C1(CNC2CC2)CCOC1C1CC1. The first-order chi connectivity index (χ1) is 8.76. The summed E-state index contributed by atoms with van der Waals surface area (Å²) in [5.41, 5.74) is 0.444. The number of hydrogen-bond donors (Lipinski definition) is 1. The molecule has 2 nitrogen and oxygen atoms in total. The predicted molar refractivity (Wildman–Crippen MR) is 74.6 cm³/mol. The van der Waals surface area contributed by atoms with Gasteiger partial charge in [-0.25, -0.2) is 0 Å². The lowest BCUT2D eigenvalue weighted by Crippen LogP contribution is -2.47. The van der Waals surface area contributed by atoms with Crippen LogP contribution in [0.1, 0.15) is 58.8 Å². The molecule has 0 aromatic rings. The van der Waals surface area contributed by atoms with E-state index < -0.39 is 0 Å². The highest BCUT2D eigenvalue weighted by Gasteiger charge is 2.53. The molecule has 0 amide bonds. The van der Waals surface area contributed by atoms with Gasteiger partial charge in [-0.2, -0.15) is 0 Å². The van der Waals surface area contributed by atoms with Gasteiger partial charge < -0.3 is 10.1 Å². The first-order valence-corrected chi connectivity index (χ1v) is 8.11. The van der Waals surface area contributed by atoms with E-state index in [4.69, 9.17) is 4.74 Å². The van der Waals surface area contributed by atoms with Gasteiger partial charge in [-0.05, 0) is 43.9 Å². The Bertz CT molecular complexity index is 285. The fourth-order valence-corrected chi connectivity index (χ4v) is 3.92. The summed E-state index contributed by atoms with van der Waals surface area (Å²) in [6.07, 6.45) is 10.1. The largest absolute Gasteiger partial charge is 0.377 e. The van der Waals surface area contributed by atoms with Crippen LogP contribution in [-0.4, -0.2) is 25.3 Å². The molecule has 2 heteroatoms. The van der Waals surface area contributed by atoms with Crippen molar-refractivity contribution in [1.29, 1.82) is 0 Å². The Morgan fingerprint density at radius 1 is 1.28 bits per heavy atom. The number of rotatable bonds is 7.